The van der Waals surface area contributed by atoms with Crippen molar-refractivity contribution in [3.63, 3.8) is 0 Å². The molecule has 2 aliphatic rings. The molecule has 5 rings (SSSR count). The molecule has 1 saturated heterocycles. The van der Waals surface area contributed by atoms with Gasteiger partial charge in [-0.2, -0.15) is 0 Å². The summed E-state index contributed by atoms with van der Waals surface area (Å²) < 4.78 is 0. The van der Waals surface area contributed by atoms with Crippen LogP contribution in [-0.2, 0) is 12.0 Å². The number of hydrogen-bond acceptors (Lipinski definition) is 4. The Balaban J connectivity index is 1.47. The number of fused-ring (bicyclic) bond motifs is 3. The second-order valence-corrected chi connectivity index (χ2v) is 7.84. The normalized spacial score (nSPS) is 19.5. The lowest BCUT2D eigenvalue weighted by molar-refractivity contribution is 0.0444. The van der Waals surface area contributed by atoms with Crippen LogP contribution in [0.15, 0.2) is 42.9 Å². The number of H-pyrrole nitrogens is 1. The van der Waals surface area contributed by atoms with Crippen LogP contribution in [0.25, 0.3) is 10.8 Å². The first kappa shape index (κ1) is 16.8. The summed E-state index contributed by atoms with van der Waals surface area (Å²) >= 11 is 0. The molecule has 1 aromatic carbocycles. The quantitative estimate of drug-likeness (QED) is 0.772. The zero-order valence-electron chi connectivity index (χ0n) is 16.0. The van der Waals surface area contributed by atoms with Crippen molar-refractivity contribution in [3.8, 4) is 0 Å². The van der Waals surface area contributed by atoms with E-state index in [1.54, 1.807) is 0 Å². The van der Waals surface area contributed by atoms with Crippen LogP contribution in [-0.4, -0.2) is 46.0 Å². The molecule has 1 N–H and O–H groups in total. The van der Waals surface area contributed by atoms with E-state index in [1.165, 1.54) is 28.6 Å². The van der Waals surface area contributed by atoms with Crippen LogP contribution in [0.5, 0.6) is 0 Å². The molecule has 3 aromatic rings. The predicted molar refractivity (Wildman–Crippen MR) is 109 cm³/mol. The van der Waals surface area contributed by atoms with Gasteiger partial charge in [-0.05, 0) is 37.3 Å². The Hall–Kier alpha value is -2.40. The zero-order valence-corrected chi connectivity index (χ0v) is 16.0. The van der Waals surface area contributed by atoms with Crippen LogP contribution in [0, 0.1) is 0 Å². The number of pyridine rings is 1. The van der Waals surface area contributed by atoms with Gasteiger partial charge in [-0.15, -0.1) is 0 Å². The highest BCUT2D eigenvalue weighted by molar-refractivity contribution is 5.92. The first-order valence-corrected chi connectivity index (χ1v) is 10.2. The molecule has 2 aliphatic heterocycles. The van der Waals surface area contributed by atoms with Gasteiger partial charge in [0.25, 0.3) is 0 Å². The first-order chi connectivity index (χ1) is 13.3. The van der Waals surface area contributed by atoms with Crippen LogP contribution in [0.1, 0.15) is 37.6 Å². The van der Waals surface area contributed by atoms with E-state index in [-0.39, 0.29) is 5.54 Å². The lowest BCUT2D eigenvalue weighted by Crippen LogP contribution is -2.56. The van der Waals surface area contributed by atoms with E-state index < -0.39 is 0 Å². The Kier molecular flexibility index (Phi) is 4.12. The molecule has 1 spiro atoms. The van der Waals surface area contributed by atoms with E-state index in [0.29, 0.717) is 0 Å². The van der Waals surface area contributed by atoms with Crippen LogP contribution >= 0.6 is 0 Å². The molecule has 4 heterocycles. The Bertz CT molecular complexity index is 933. The third-order valence-electron chi connectivity index (χ3n) is 6.43. The topological polar surface area (TPSA) is 48.1 Å². The Labute approximate surface area is 160 Å². The summed E-state index contributed by atoms with van der Waals surface area (Å²) in [5.41, 5.74) is 2.73. The van der Waals surface area contributed by atoms with Gasteiger partial charge in [0.05, 0.1) is 17.6 Å². The predicted octanol–water partition coefficient (Wildman–Crippen LogP) is 3.72. The minimum atomic E-state index is 0.0880. The molecule has 0 radical (unpaired) electrons. The van der Waals surface area contributed by atoms with E-state index in [0.717, 1.165) is 51.3 Å². The number of benzene rings is 1. The summed E-state index contributed by atoms with van der Waals surface area (Å²) in [5.74, 6) is 1.13. The van der Waals surface area contributed by atoms with Crippen molar-refractivity contribution in [2.24, 2.45) is 0 Å². The highest BCUT2D eigenvalue weighted by Gasteiger charge is 2.46. The number of rotatable bonds is 3. The minimum Gasteiger partial charge on any atom is -0.356 e. The number of aromatic amines is 1. The number of aromatic nitrogens is 3. The molecule has 140 valence electrons. The summed E-state index contributed by atoms with van der Waals surface area (Å²) in [5, 5.41) is 2.52. The van der Waals surface area contributed by atoms with Crippen LogP contribution in [0.4, 0.5) is 5.82 Å². The molecule has 0 bridgehead atoms. The van der Waals surface area contributed by atoms with Crippen molar-refractivity contribution in [1.29, 1.82) is 0 Å². The van der Waals surface area contributed by atoms with Gasteiger partial charge >= 0.3 is 0 Å². The SMILES string of the molecule is CCCN1CCc2[nH]cnc2C12CCN(c1nccc3ccccc13)CC2. The number of anilines is 1. The molecule has 5 heteroatoms. The van der Waals surface area contributed by atoms with Crippen LogP contribution in [0.3, 0.4) is 0 Å². The molecule has 2 aromatic heterocycles. The maximum atomic E-state index is 4.78. The minimum absolute atomic E-state index is 0.0880. The number of nitrogens with one attached hydrogen (secondary N) is 1. The highest BCUT2D eigenvalue weighted by Crippen LogP contribution is 2.43. The molecular weight excluding hydrogens is 334 g/mol. The van der Waals surface area contributed by atoms with Crippen molar-refractivity contribution in [2.75, 3.05) is 31.1 Å². The summed E-state index contributed by atoms with van der Waals surface area (Å²) in [4.78, 5) is 18.1. The number of piperidine rings is 1. The van der Waals surface area contributed by atoms with Crippen molar-refractivity contribution in [1.82, 2.24) is 19.9 Å². The molecule has 0 amide bonds. The van der Waals surface area contributed by atoms with Crippen molar-refractivity contribution < 1.29 is 0 Å². The maximum Gasteiger partial charge on any atom is 0.136 e. The van der Waals surface area contributed by atoms with Gasteiger partial charge in [0, 0.05) is 43.3 Å². The smallest absolute Gasteiger partial charge is 0.136 e. The lowest BCUT2D eigenvalue weighted by atomic mass is 9.78. The second-order valence-electron chi connectivity index (χ2n) is 7.84. The fraction of sp³-hybridized carbons (Fsp3) is 0.455. The molecule has 0 unspecified atom stereocenters. The lowest BCUT2D eigenvalue weighted by Gasteiger charge is -2.51. The third kappa shape index (κ3) is 2.64. The van der Waals surface area contributed by atoms with Gasteiger partial charge in [0.1, 0.15) is 5.82 Å². The van der Waals surface area contributed by atoms with Gasteiger partial charge < -0.3 is 9.88 Å². The average Bonchev–Trinajstić information content (AvgIpc) is 3.21. The molecular formula is C22H27N5. The Morgan fingerprint density at radius 1 is 1.07 bits per heavy atom. The van der Waals surface area contributed by atoms with E-state index in [9.17, 15) is 0 Å². The maximum absolute atomic E-state index is 4.78. The Morgan fingerprint density at radius 2 is 1.93 bits per heavy atom. The first-order valence-electron chi connectivity index (χ1n) is 10.2. The third-order valence-corrected chi connectivity index (χ3v) is 6.43. The molecule has 0 atom stereocenters. The zero-order chi connectivity index (χ0) is 18.3. The molecule has 1 fully saturated rings. The van der Waals surface area contributed by atoms with Gasteiger partial charge in [-0.25, -0.2) is 9.97 Å². The van der Waals surface area contributed by atoms with Crippen molar-refractivity contribution in [3.05, 3.63) is 54.2 Å². The standard InChI is InChI=1S/C22H27N5/c1-2-12-27-13-8-19-20(25-16-24-19)22(27)9-14-26(15-10-22)21-18-6-4-3-5-17(18)7-11-23-21/h3-7,11,16H,2,8-10,12-15H2,1H3,(H,24,25). The molecule has 5 nitrogen and oxygen atoms in total. The van der Waals surface area contributed by atoms with Crippen molar-refractivity contribution >= 4 is 16.6 Å². The molecule has 27 heavy (non-hydrogen) atoms. The molecule has 0 aliphatic carbocycles. The number of imidazole rings is 1. The summed E-state index contributed by atoms with van der Waals surface area (Å²) in [6, 6.07) is 10.7. The largest absolute Gasteiger partial charge is 0.356 e. The number of nitrogens with zero attached hydrogens (tertiary/aromatic N) is 4. The monoisotopic (exact) mass is 361 g/mol. The fourth-order valence-electron chi connectivity index (χ4n) is 5.12. The summed E-state index contributed by atoms with van der Waals surface area (Å²) in [7, 11) is 0. The van der Waals surface area contributed by atoms with Crippen molar-refractivity contribution in [2.45, 2.75) is 38.1 Å². The van der Waals surface area contributed by atoms with Gasteiger partial charge in [0.15, 0.2) is 0 Å². The van der Waals surface area contributed by atoms with E-state index in [4.69, 9.17) is 9.97 Å². The summed E-state index contributed by atoms with van der Waals surface area (Å²) in [6.07, 6.45) is 8.33. The fourth-order valence-corrected chi connectivity index (χ4v) is 5.12. The molecule has 0 saturated carbocycles. The Morgan fingerprint density at radius 3 is 2.78 bits per heavy atom. The van der Waals surface area contributed by atoms with Gasteiger partial charge in [0.2, 0.25) is 0 Å². The van der Waals surface area contributed by atoms with Crippen LogP contribution in [0.2, 0.25) is 0 Å². The average molecular weight is 361 g/mol. The summed E-state index contributed by atoms with van der Waals surface area (Å²) in [6.45, 7) is 6.61. The number of hydrogen-bond donors (Lipinski definition) is 1. The van der Waals surface area contributed by atoms with Gasteiger partial charge in [-0.3, -0.25) is 4.90 Å². The van der Waals surface area contributed by atoms with Crippen LogP contribution < -0.4 is 4.90 Å². The van der Waals surface area contributed by atoms with Gasteiger partial charge in [-0.1, -0.05) is 31.2 Å². The van der Waals surface area contributed by atoms with E-state index >= 15 is 0 Å². The second kappa shape index (κ2) is 6.64. The van der Waals surface area contributed by atoms with E-state index in [1.807, 2.05) is 12.5 Å². The highest BCUT2D eigenvalue weighted by atomic mass is 15.3. The van der Waals surface area contributed by atoms with E-state index in [2.05, 4.69) is 52.0 Å².